The van der Waals surface area contributed by atoms with Gasteiger partial charge in [0.1, 0.15) is 5.82 Å². The molecule has 0 saturated carbocycles. The Balaban J connectivity index is 2.28. The zero-order valence-electron chi connectivity index (χ0n) is 10.4. The fraction of sp³-hybridized carbons (Fsp3) is 0.0769. The van der Waals surface area contributed by atoms with Crippen molar-refractivity contribution in [3.63, 3.8) is 0 Å². The van der Waals surface area contributed by atoms with E-state index in [0.29, 0.717) is 10.2 Å². The lowest BCUT2D eigenvalue weighted by Crippen LogP contribution is -2.15. The van der Waals surface area contributed by atoms with Crippen molar-refractivity contribution in [1.29, 1.82) is 0 Å². The molecule has 20 heavy (non-hydrogen) atoms. The smallest absolute Gasteiger partial charge is 0.258 e. The third-order valence-corrected chi connectivity index (χ3v) is 3.21. The third-order valence-electron chi connectivity index (χ3n) is 2.55. The molecule has 1 amide bonds. The Kier molecular flexibility index (Phi) is 4.29. The highest BCUT2D eigenvalue weighted by atomic mass is 79.9. The highest BCUT2D eigenvalue weighted by Crippen LogP contribution is 2.24. The second kappa shape index (κ2) is 5.96. The quantitative estimate of drug-likeness (QED) is 0.899. The second-order valence-electron chi connectivity index (χ2n) is 3.85. The molecule has 0 saturated heterocycles. The van der Waals surface area contributed by atoms with Crippen LogP contribution < -0.4 is 10.6 Å². The van der Waals surface area contributed by atoms with Gasteiger partial charge in [0.05, 0.1) is 11.3 Å². The van der Waals surface area contributed by atoms with Crippen LogP contribution in [0.5, 0.6) is 0 Å². The molecule has 2 N–H and O–H groups in total. The topological polar surface area (TPSA) is 54.0 Å². The number of amides is 1. The number of halogens is 3. The largest absolute Gasteiger partial charge is 0.371 e. The van der Waals surface area contributed by atoms with Crippen molar-refractivity contribution >= 4 is 33.3 Å². The van der Waals surface area contributed by atoms with Crippen molar-refractivity contribution < 1.29 is 13.6 Å². The number of hydrogen-bond donors (Lipinski definition) is 2. The highest BCUT2D eigenvalue weighted by Gasteiger charge is 2.16. The minimum Gasteiger partial charge on any atom is -0.371 e. The molecule has 1 heterocycles. The molecule has 0 fully saturated rings. The van der Waals surface area contributed by atoms with Gasteiger partial charge in [-0.05, 0) is 40.2 Å². The third kappa shape index (κ3) is 2.93. The van der Waals surface area contributed by atoms with Crippen LogP contribution in [0.4, 0.5) is 20.3 Å². The number of nitrogens with one attached hydrogen (secondary N) is 2. The minimum atomic E-state index is -0.745. The molecule has 0 atom stereocenters. The van der Waals surface area contributed by atoms with E-state index in [2.05, 4.69) is 31.5 Å². The summed E-state index contributed by atoms with van der Waals surface area (Å²) in [6.07, 6.45) is 1.32. The second-order valence-corrected chi connectivity index (χ2v) is 4.70. The molecule has 2 rings (SSSR count). The fourth-order valence-electron chi connectivity index (χ4n) is 1.57. The molecule has 104 valence electrons. The van der Waals surface area contributed by atoms with Crippen molar-refractivity contribution in [2.45, 2.75) is 0 Å². The van der Waals surface area contributed by atoms with Gasteiger partial charge in [0.25, 0.3) is 5.91 Å². The maximum Gasteiger partial charge on any atom is 0.258 e. The number of anilines is 2. The number of carbonyl (C=O) groups excluding carboxylic acids is 1. The maximum atomic E-state index is 13.9. The molecule has 2 aromatic rings. The normalized spacial score (nSPS) is 10.2. The van der Waals surface area contributed by atoms with Gasteiger partial charge < -0.3 is 10.6 Å². The first kappa shape index (κ1) is 14.4. The van der Waals surface area contributed by atoms with E-state index in [-0.39, 0.29) is 11.4 Å². The molecule has 0 aliphatic carbocycles. The van der Waals surface area contributed by atoms with Gasteiger partial charge in [-0.25, -0.2) is 13.8 Å². The van der Waals surface area contributed by atoms with E-state index in [1.54, 1.807) is 0 Å². The number of nitrogens with zero attached hydrogens (tertiary/aromatic N) is 1. The summed E-state index contributed by atoms with van der Waals surface area (Å²) in [6.45, 7) is 0. The minimum absolute atomic E-state index is 0.0178. The summed E-state index contributed by atoms with van der Waals surface area (Å²) in [7, 11) is 1.50. The molecule has 0 bridgehead atoms. The lowest BCUT2D eigenvalue weighted by atomic mass is 10.2. The molecular weight excluding hydrogens is 332 g/mol. The van der Waals surface area contributed by atoms with E-state index in [0.717, 1.165) is 0 Å². The van der Waals surface area contributed by atoms with Crippen LogP contribution in [0.2, 0.25) is 0 Å². The zero-order valence-corrected chi connectivity index (χ0v) is 12.0. The molecule has 0 aliphatic heterocycles. The Bertz CT molecular complexity index is 664. The van der Waals surface area contributed by atoms with Crippen LogP contribution in [0, 0.1) is 11.6 Å². The van der Waals surface area contributed by atoms with Crippen LogP contribution in [0.15, 0.2) is 34.9 Å². The zero-order chi connectivity index (χ0) is 14.7. The number of hydrogen-bond acceptors (Lipinski definition) is 3. The fourth-order valence-corrected chi connectivity index (χ4v) is 2.02. The van der Waals surface area contributed by atoms with E-state index >= 15 is 0 Å². The van der Waals surface area contributed by atoms with Gasteiger partial charge in [-0.1, -0.05) is 0 Å². The first-order valence-electron chi connectivity index (χ1n) is 5.61. The number of pyridine rings is 1. The van der Waals surface area contributed by atoms with Gasteiger partial charge in [0, 0.05) is 17.7 Å². The van der Waals surface area contributed by atoms with E-state index < -0.39 is 17.5 Å². The summed E-state index contributed by atoms with van der Waals surface area (Å²) in [6, 6.07) is 5.05. The summed E-state index contributed by atoms with van der Waals surface area (Å²) in [4.78, 5) is 15.8. The Hall–Kier alpha value is -2.02. The average molecular weight is 342 g/mol. The van der Waals surface area contributed by atoms with Crippen molar-refractivity contribution in [2.75, 3.05) is 17.7 Å². The van der Waals surface area contributed by atoms with Crippen LogP contribution in [0.1, 0.15) is 10.4 Å². The molecule has 0 unspecified atom stereocenters. The molecule has 4 nitrogen and oxygen atoms in total. The lowest BCUT2D eigenvalue weighted by molar-refractivity contribution is 0.102. The van der Waals surface area contributed by atoms with E-state index in [9.17, 15) is 13.6 Å². The number of rotatable bonds is 3. The van der Waals surface area contributed by atoms with Crippen LogP contribution in [-0.4, -0.2) is 17.9 Å². The summed E-state index contributed by atoms with van der Waals surface area (Å²) >= 11 is 3.12. The number of aromatic nitrogens is 1. The molecule has 0 radical (unpaired) electrons. The highest BCUT2D eigenvalue weighted by molar-refractivity contribution is 9.10. The number of benzene rings is 1. The maximum absolute atomic E-state index is 13.9. The predicted octanol–water partition coefficient (Wildman–Crippen LogP) is 3.42. The van der Waals surface area contributed by atoms with Crippen LogP contribution in [0.3, 0.4) is 0 Å². The van der Waals surface area contributed by atoms with Crippen molar-refractivity contribution in [2.24, 2.45) is 0 Å². The van der Waals surface area contributed by atoms with E-state index in [4.69, 9.17) is 0 Å². The van der Waals surface area contributed by atoms with Crippen molar-refractivity contribution in [3.05, 3.63) is 52.1 Å². The first-order chi connectivity index (χ1) is 9.52. The monoisotopic (exact) mass is 341 g/mol. The lowest BCUT2D eigenvalue weighted by Gasteiger charge is -2.09. The first-order valence-corrected chi connectivity index (χ1v) is 6.41. The molecule has 7 heteroatoms. The van der Waals surface area contributed by atoms with Gasteiger partial charge in [0.15, 0.2) is 11.6 Å². The summed E-state index contributed by atoms with van der Waals surface area (Å²) < 4.78 is 27.3. The molecular formula is C13H10BrF2N3O. The van der Waals surface area contributed by atoms with Gasteiger partial charge >= 0.3 is 0 Å². The Morgan fingerprint density at radius 1 is 1.30 bits per heavy atom. The molecule has 1 aromatic carbocycles. The Morgan fingerprint density at radius 3 is 2.70 bits per heavy atom. The molecule has 1 aromatic heterocycles. The van der Waals surface area contributed by atoms with Crippen LogP contribution in [-0.2, 0) is 0 Å². The van der Waals surface area contributed by atoms with Gasteiger partial charge in [-0.2, -0.15) is 0 Å². The van der Waals surface area contributed by atoms with Crippen LogP contribution in [0.25, 0.3) is 0 Å². The SMILES string of the molecule is CNc1nccc(C(=O)Nc2ccc(F)cc2Br)c1F. The standard InChI is InChI=1S/C13H10BrF2N3O/c1-17-12-11(16)8(4-5-18-12)13(20)19-10-3-2-7(15)6-9(10)14/h2-6H,1H3,(H,17,18)(H,19,20). The molecule has 0 spiro atoms. The van der Waals surface area contributed by atoms with Gasteiger partial charge in [-0.3, -0.25) is 4.79 Å². The van der Waals surface area contributed by atoms with Crippen molar-refractivity contribution in [3.8, 4) is 0 Å². The van der Waals surface area contributed by atoms with Gasteiger partial charge in [-0.15, -0.1) is 0 Å². The summed E-state index contributed by atoms with van der Waals surface area (Å²) in [5, 5.41) is 5.05. The van der Waals surface area contributed by atoms with Crippen LogP contribution >= 0.6 is 15.9 Å². The summed E-state index contributed by atoms with van der Waals surface area (Å²) in [5.41, 5.74) is 0.194. The van der Waals surface area contributed by atoms with E-state index in [1.165, 1.54) is 37.5 Å². The average Bonchev–Trinajstić information content (AvgIpc) is 2.42. The van der Waals surface area contributed by atoms with Gasteiger partial charge in [0.2, 0.25) is 0 Å². The van der Waals surface area contributed by atoms with Crippen molar-refractivity contribution in [1.82, 2.24) is 4.98 Å². The summed E-state index contributed by atoms with van der Waals surface area (Å²) in [5.74, 6) is -1.85. The molecule has 0 aliphatic rings. The Morgan fingerprint density at radius 2 is 2.05 bits per heavy atom. The number of carbonyl (C=O) groups is 1. The van der Waals surface area contributed by atoms with E-state index in [1.807, 2.05) is 0 Å². The predicted molar refractivity (Wildman–Crippen MR) is 75.8 cm³/mol. The Labute approximate surface area is 122 Å².